The van der Waals surface area contributed by atoms with E-state index in [1.165, 1.54) is 32.4 Å². The second-order valence-corrected chi connectivity index (χ2v) is 5.51. The lowest BCUT2D eigenvalue weighted by Crippen LogP contribution is -2.34. The molecule has 5 heteroatoms. The fourth-order valence-electron chi connectivity index (χ4n) is 3.37. The molecule has 104 valence electrons. The Kier molecular flexibility index (Phi) is 3.55. The standard InChI is InChI=1S/C14H23N5/c1-3-15-13-10(2)14(17-9-16-13)18-11-6-8-19-7-4-5-12(11)19/h9,11-12H,3-8H2,1-2H3,(H2,15,16,17,18). The van der Waals surface area contributed by atoms with Gasteiger partial charge >= 0.3 is 0 Å². The lowest BCUT2D eigenvalue weighted by molar-refractivity contribution is 0.318. The lowest BCUT2D eigenvalue weighted by Gasteiger charge is -2.22. The van der Waals surface area contributed by atoms with E-state index < -0.39 is 0 Å². The van der Waals surface area contributed by atoms with Crippen LogP contribution in [-0.4, -0.2) is 46.6 Å². The van der Waals surface area contributed by atoms with E-state index in [1.807, 2.05) is 0 Å². The molecule has 3 rings (SSSR count). The van der Waals surface area contributed by atoms with Crippen LogP contribution in [0.5, 0.6) is 0 Å². The molecule has 1 aromatic heterocycles. The highest BCUT2D eigenvalue weighted by Crippen LogP contribution is 2.30. The van der Waals surface area contributed by atoms with Gasteiger partial charge in [-0.25, -0.2) is 9.97 Å². The minimum Gasteiger partial charge on any atom is -0.370 e. The fourth-order valence-corrected chi connectivity index (χ4v) is 3.37. The van der Waals surface area contributed by atoms with Crippen LogP contribution >= 0.6 is 0 Å². The summed E-state index contributed by atoms with van der Waals surface area (Å²) in [5.74, 6) is 1.94. The second-order valence-electron chi connectivity index (χ2n) is 5.51. The molecule has 19 heavy (non-hydrogen) atoms. The van der Waals surface area contributed by atoms with Crippen LogP contribution < -0.4 is 10.6 Å². The topological polar surface area (TPSA) is 53.1 Å². The highest BCUT2D eigenvalue weighted by atomic mass is 15.2. The average molecular weight is 261 g/mol. The maximum Gasteiger partial charge on any atom is 0.134 e. The third-order valence-electron chi connectivity index (χ3n) is 4.36. The van der Waals surface area contributed by atoms with Crippen molar-refractivity contribution in [2.75, 3.05) is 30.3 Å². The summed E-state index contributed by atoms with van der Waals surface area (Å²) in [7, 11) is 0. The first-order valence-electron chi connectivity index (χ1n) is 7.35. The Morgan fingerprint density at radius 3 is 2.95 bits per heavy atom. The monoisotopic (exact) mass is 261 g/mol. The molecule has 0 aromatic carbocycles. The van der Waals surface area contributed by atoms with Crippen LogP contribution in [0.25, 0.3) is 0 Å². The van der Waals surface area contributed by atoms with Crippen molar-refractivity contribution < 1.29 is 0 Å². The van der Waals surface area contributed by atoms with Gasteiger partial charge in [-0.15, -0.1) is 0 Å². The molecular weight excluding hydrogens is 238 g/mol. The minimum atomic E-state index is 0.547. The highest BCUT2D eigenvalue weighted by molar-refractivity contribution is 5.57. The van der Waals surface area contributed by atoms with Crippen molar-refractivity contribution in [3.63, 3.8) is 0 Å². The molecule has 2 fully saturated rings. The first kappa shape index (κ1) is 12.7. The average Bonchev–Trinajstić information content (AvgIpc) is 2.99. The molecule has 2 N–H and O–H groups in total. The third kappa shape index (κ3) is 2.39. The largest absolute Gasteiger partial charge is 0.370 e. The summed E-state index contributed by atoms with van der Waals surface area (Å²) in [6, 6.07) is 1.25. The van der Waals surface area contributed by atoms with E-state index in [-0.39, 0.29) is 0 Å². The molecule has 0 spiro atoms. The van der Waals surface area contributed by atoms with Gasteiger partial charge in [-0.1, -0.05) is 0 Å². The molecule has 2 atom stereocenters. The zero-order chi connectivity index (χ0) is 13.2. The molecule has 0 bridgehead atoms. The van der Waals surface area contributed by atoms with Gasteiger partial charge in [0.15, 0.2) is 0 Å². The van der Waals surface area contributed by atoms with Gasteiger partial charge in [0.25, 0.3) is 0 Å². The number of hydrogen-bond acceptors (Lipinski definition) is 5. The molecule has 2 aliphatic heterocycles. The van der Waals surface area contributed by atoms with Crippen molar-refractivity contribution in [3.8, 4) is 0 Å². The Morgan fingerprint density at radius 2 is 2.11 bits per heavy atom. The molecule has 5 nitrogen and oxygen atoms in total. The molecule has 0 saturated carbocycles. The van der Waals surface area contributed by atoms with E-state index in [4.69, 9.17) is 0 Å². The maximum atomic E-state index is 4.42. The number of aromatic nitrogens is 2. The summed E-state index contributed by atoms with van der Waals surface area (Å²) in [6.07, 6.45) is 5.54. The first-order valence-corrected chi connectivity index (χ1v) is 7.35. The molecule has 2 saturated heterocycles. The maximum absolute atomic E-state index is 4.42. The van der Waals surface area contributed by atoms with Crippen LogP contribution in [0.15, 0.2) is 6.33 Å². The summed E-state index contributed by atoms with van der Waals surface area (Å²) in [5, 5.41) is 6.93. The van der Waals surface area contributed by atoms with E-state index in [2.05, 4.69) is 39.3 Å². The summed E-state index contributed by atoms with van der Waals surface area (Å²) < 4.78 is 0. The SMILES string of the molecule is CCNc1ncnc(NC2CCN3CCCC23)c1C. The van der Waals surface area contributed by atoms with Crippen LogP contribution in [0.1, 0.15) is 31.7 Å². The molecule has 2 unspecified atom stereocenters. The second kappa shape index (κ2) is 5.33. The van der Waals surface area contributed by atoms with Crippen LogP contribution in [-0.2, 0) is 0 Å². The summed E-state index contributed by atoms with van der Waals surface area (Å²) in [5.41, 5.74) is 1.13. The summed E-state index contributed by atoms with van der Waals surface area (Å²) in [4.78, 5) is 11.3. The third-order valence-corrected chi connectivity index (χ3v) is 4.36. The Labute approximate surface area is 114 Å². The molecule has 1 aromatic rings. The number of hydrogen-bond donors (Lipinski definition) is 2. The summed E-state index contributed by atoms with van der Waals surface area (Å²) >= 11 is 0. The van der Waals surface area contributed by atoms with Crippen molar-refractivity contribution in [2.45, 2.75) is 45.2 Å². The smallest absolute Gasteiger partial charge is 0.134 e. The van der Waals surface area contributed by atoms with E-state index in [0.29, 0.717) is 12.1 Å². The molecule has 0 amide bonds. The van der Waals surface area contributed by atoms with Gasteiger partial charge in [0.2, 0.25) is 0 Å². The number of fused-ring (bicyclic) bond motifs is 1. The van der Waals surface area contributed by atoms with Crippen molar-refractivity contribution >= 4 is 11.6 Å². The van der Waals surface area contributed by atoms with Crippen molar-refractivity contribution in [2.24, 2.45) is 0 Å². The fraction of sp³-hybridized carbons (Fsp3) is 0.714. The first-order chi connectivity index (χ1) is 9.29. The quantitative estimate of drug-likeness (QED) is 0.866. The van der Waals surface area contributed by atoms with Gasteiger partial charge < -0.3 is 10.6 Å². The van der Waals surface area contributed by atoms with E-state index in [9.17, 15) is 0 Å². The van der Waals surface area contributed by atoms with Gasteiger partial charge in [0.1, 0.15) is 18.0 Å². The normalized spacial score (nSPS) is 26.4. The van der Waals surface area contributed by atoms with Gasteiger partial charge in [-0.2, -0.15) is 0 Å². The van der Waals surface area contributed by atoms with E-state index in [1.54, 1.807) is 6.33 Å². The van der Waals surface area contributed by atoms with Crippen LogP contribution in [0.3, 0.4) is 0 Å². The minimum absolute atomic E-state index is 0.547. The van der Waals surface area contributed by atoms with Crippen molar-refractivity contribution in [1.82, 2.24) is 14.9 Å². The zero-order valence-electron chi connectivity index (χ0n) is 11.8. The predicted molar refractivity (Wildman–Crippen MR) is 77.6 cm³/mol. The molecule has 3 heterocycles. The van der Waals surface area contributed by atoms with Crippen molar-refractivity contribution in [1.29, 1.82) is 0 Å². The summed E-state index contributed by atoms with van der Waals surface area (Å²) in [6.45, 7) is 7.56. The Hall–Kier alpha value is -1.36. The highest BCUT2D eigenvalue weighted by Gasteiger charge is 2.37. The van der Waals surface area contributed by atoms with Gasteiger partial charge in [-0.3, -0.25) is 4.90 Å². The number of anilines is 2. The predicted octanol–water partition coefficient (Wildman–Crippen LogP) is 1.87. The van der Waals surface area contributed by atoms with Crippen LogP contribution in [0.2, 0.25) is 0 Å². The Morgan fingerprint density at radius 1 is 1.26 bits per heavy atom. The Bertz CT molecular complexity index is 447. The van der Waals surface area contributed by atoms with E-state index >= 15 is 0 Å². The van der Waals surface area contributed by atoms with Crippen molar-refractivity contribution in [3.05, 3.63) is 11.9 Å². The number of nitrogens with one attached hydrogen (secondary N) is 2. The van der Waals surface area contributed by atoms with Crippen LogP contribution in [0, 0.1) is 6.92 Å². The van der Waals surface area contributed by atoms with Gasteiger partial charge in [-0.05, 0) is 39.7 Å². The number of rotatable bonds is 4. The van der Waals surface area contributed by atoms with Gasteiger partial charge in [0, 0.05) is 30.7 Å². The zero-order valence-corrected chi connectivity index (χ0v) is 11.8. The van der Waals surface area contributed by atoms with Crippen LogP contribution in [0.4, 0.5) is 11.6 Å². The molecule has 2 aliphatic rings. The number of nitrogens with zero attached hydrogens (tertiary/aromatic N) is 3. The lowest BCUT2D eigenvalue weighted by atomic mass is 10.1. The Balaban J connectivity index is 1.74. The molecule has 0 radical (unpaired) electrons. The van der Waals surface area contributed by atoms with E-state index in [0.717, 1.165) is 23.7 Å². The van der Waals surface area contributed by atoms with Gasteiger partial charge in [0.05, 0.1) is 0 Å². The molecular formula is C14H23N5. The molecule has 0 aliphatic carbocycles.